The van der Waals surface area contributed by atoms with Crippen molar-refractivity contribution in [3.05, 3.63) is 0 Å². The summed E-state index contributed by atoms with van der Waals surface area (Å²) in [5, 5.41) is 0. The molecule has 2 aliphatic rings. The molecule has 0 aliphatic carbocycles. The molecule has 3 nitrogen and oxygen atoms in total. The van der Waals surface area contributed by atoms with Gasteiger partial charge in [-0.05, 0) is 38.1 Å². The van der Waals surface area contributed by atoms with Crippen molar-refractivity contribution in [2.45, 2.75) is 57.7 Å². The van der Waals surface area contributed by atoms with Gasteiger partial charge in [0.15, 0.2) is 0 Å². The van der Waals surface area contributed by atoms with Crippen LogP contribution in [0.15, 0.2) is 0 Å². The molecule has 0 aromatic heterocycles. The van der Waals surface area contributed by atoms with Gasteiger partial charge in [0.25, 0.3) is 0 Å². The lowest BCUT2D eigenvalue weighted by Gasteiger charge is -2.39. The molecule has 2 aliphatic heterocycles. The van der Waals surface area contributed by atoms with Crippen molar-refractivity contribution in [2.24, 2.45) is 11.7 Å². The first-order valence-electron chi connectivity index (χ1n) is 6.79. The predicted octanol–water partition coefficient (Wildman–Crippen LogP) is 1.61. The molecule has 0 aromatic rings. The Labute approximate surface area is 99.3 Å². The molecule has 2 fully saturated rings. The van der Waals surface area contributed by atoms with Crippen molar-refractivity contribution in [2.75, 3.05) is 19.7 Å². The Kier molecular flexibility index (Phi) is 4.22. The SMILES string of the molecule is CC(C)C1CC(N2CCCC2CN)CCO1. The lowest BCUT2D eigenvalue weighted by Crippen LogP contribution is -2.47. The van der Waals surface area contributed by atoms with Gasteiger partial charge in [0, 0.05) is 25.2 Å². The lowest BCUT2D eigenvalue weighted by atomic mass is 9.94. The molecule has 0 bridgehead atoms. The van der Waals surface area contributed by atoms with Gasteiger partial charge in [0.05, 0.1) is 6.10 Å². The second-order valence-corrected chi connectivity index (χ2v) is 5.60. The number of likely N-dealkylation sites (tertiary alicyclic amines) is 1. The highest BCUT2D eigenvalue weighted by Gasteiger charge is 2.34. The number of rotatable bonds is 3. The second kappa shape index (κ2) is 5.48. The standard InChI is InChI=1S/C13H26N2O/c1-10(2)13-8-11(5-7-16-13)15-6-3-4-12(15)9-14/h10-13H,3-9,14H2,1-2H3. The molecule has 3 heteroatoms. The fourth-order valence-electron chi connectivity index (χ4n) is 3.17. The normalized spacial score (nSPS) is 37.1. The van der Waals surface area contributed by atoms with E-state index in [-0.39, 0.29) is 0 Å². The van der Waals surface area contributed by atoms with Crippen molar-refractivity contribution >= 4 is 0 Å². The highest BCUT2D eigenvalue weighted by molar-refractivity contribution is 4.88. The predicted molar refractivity (Wildman–Crippen MR) is 66.4 cm³/mol. The van der Waals surface area contributed by atoms with Crippen molar-refractivity contribution in [1.29, 1.82) is 0 Å². The maximum absolute atomic E-state index is 5.85. The highest BCUT2D eigenvalue weighted by Crippen LogP contribution is 2.29. The average Bonchev–Trinajstić information content (AvgIpc) is 2.77. The molecule has 2 rings (SSSR count). The van der Waals surface area contributed by atoms with Gasteiger partial charge < -0.3 is 10.5 Å². The molecule has 0 saturated carbocycles. The number of ether oxygens (including phenoxy) is 1. The third-order valence-electron chi connectivity index (χ3n) is 4.19. The van der Waals surface area contributed by atoms with Gasteiger partial charge in [0.1, 0.15) is 0 Å². The Morgan fingerprint density at radius 3 is 2.88 bits per heavy atom. The van der Waals surface area contributed by atoms with Crippen LogP contribution in [0.4, 0.5) is 0 Å². The molecule has 0 radical (unpaired) electrons. The monoisotopic (exact) mass is 226 g/mol. The van der Waals surface area contributed by atoms with E-state index in [1.807, 2.05) is 0 Å². The number of nitrogens with two attached hydrogens (primary N) is 1. The van der Waals surface area contributed by atoms with Crippen molar-refractivity contribution in [1.82, 2.24) is 4.90 Å². The zero-order valence-electron chi connectivity index (χ0n) is 10.7. The topological polar surface area (TPSA) is 38.5 Å². The third kappa shape index (κ3) is 2.58. The van der Waals surface area contributed by atoms with Crippen molar-refractivity contribution in [3.63, 3.8) is 0 Å². The van der Waals surface area contributed by atoms with Gasteiger partial charge in [0.2, 0.25) is 0 Å². The molecule has 16 heavy (non-hydrogen) atoms. The smallest absolute Gasteiger partial charge is 0.0612 e. The number of hydrogen-bond acceptors (Lipinski definition) is 3. The Morgan fingerprint density at radius 1 is 1.38 bits per heavy atom. The van der Waals surface area contributed by atoms with Crippen LogP contribution in [-0.2, 0) is 4.74 Å². The summed E-state index contributed by atoms with van der Waals surface area (Å²) in [7, 11) is 0. The second-order valence-electron chi connectivity index (χ2n) is 5.60. The fraction of sp³-hybridized carbons (Fsp3) is 1.00. The quantitative estimate of drug-likeness (QED) is 0.794. The minimum absolute atomic E-state index is 0.456. The van der Waals surface area contributed by atoms with E-state index in [9.17, 15) is 0 Å². The van der Waals surface area contributed by atoms with E-state index in [1.165, 1.54) is 32.2 Å². The van der Waals surface area contributed by atoms with E-state index in [2.05, 4.69) is 18.7 Å². The summed E-state index contributed by atoms with van der Waals surface area (Å²) in [6.07, 6.45) is 5.47. The molecule has 2 saturated heterocycles. The van der Waals surface area contributed by atoms with Crippen LogP contribution < -0.4 is 5.73 Å². The maximum Gasteiger partial charge on any atom is 0.0612 e. The van der Waals surface area contributed by atoms with Gasteiger partial charge in [-0.25, -0.2) is 0 Å². The number of nitrogens with zero attached hydrogens (tertiary/aromatic N) is 1. The summed E-state index contributed by atoms with van der Waals surface area (Å²) in [6.45, 7) is 7.53. The largest absolute Gasteiger partial charge is 0.378 e. The Hall–Kier alpha value is -0.120. The van der Waals surface area contributed by atoms with Crippen molar-refractivity contribution < 1.29 is 4.74 Å². The van der Waals surface area contributed by atoms with E-state index in [0.29, 0.717) is 18.1 Å². The van der Waals surface area contributed by atoms with Crippen LogP contribution in [0, 0.1) is 5.92 Å². The summed E-state index contributed by atoms with van der Waals surface area (Å²) < 4.78 is 5.84. The van der Waals surface area contributed by atoms with E-state index >= 15 is 0 Å². The molecule has 0 amide bonds. The van der Waals surface area contributed by atoms with Crippen LogP contribution >= 0.6 is 0 Å². The molecule has 0 spiro atoms. The molecular weight excluding hydrogens is 200 g/mol. The van der Waals surface area contributed by atoms with Gasteiger partial charge in [-0.15, -0.1) is 0 Å². The van der Waals surface area contributed by atoms with Gasteiger partial charge in [-0.3, -0.25) is 4.90 Å². The van der Waals surface area contributed by atoms with Crippen LogP contribution in [0.25, 0.3) is 0 Å². The van der Waals surface area contributed by atoms with Gasteiger partial charge in [-0.2, -0.15) is 0 Å². The van der Waals surface area contributed by atoms with E-state index in [1.54, 1.807) is 0 Å². The zero-order chi connectivity index (χ0) is 11.5. The highest BCUT2D eigenvalue weighted by atomic mass is 16.5. The van der Waals surface area contributed by atoms with Crippen LogP contribution in [-0.4, -0.2) is 42.8 Å². The first-order chi connectivity index (χ1) is 7.72. The molecule has 2 N–H and O–H groups in total. The first kappa shape index (κ1) is 12.3. The maximum atomic E-state index is 5.85. The van der Waals surface area contributed by atoms with Gasteiger partial charge in [-0.1, -0.05) is 13.8 Å². The summed E-state index contributed by atoms with van der Waals surface area (Å²) in [5.74, 6) is 0.640. The summed E-state index contributed by atoms with van der Waals surface area (Å²) in [4.78, 5) is 2.65. The Morgan fingerprint density at radius 2 is 2.19 bits per heavy atom. The first-order valence-corrected chi connectivity index (χ1v) is 6.79. The Bertz CT molecular complexity index is 220. The van der Waals surface area contributed by atoms with E-state index in [0.717, 1.165) is 19.2 Å². The zero-order valence-corrected chi connectivity index (χ0v) is 10.7. The fourth-order valence-corrected chi connectivity index (χ4v) is 3.17. The molecule has 94 valence electrons. The molecule has 0 aromatic carbocycles. The average molecular weight is 226 g/mol. The van der Waals surface area contributed by atoms with Crippen LogP contribution in [0.2, 0.25) is 0 Å². The number of hydrogen-bond donors (Lipinski definition) is 1. The minimum atomic E-state index is 0.456. The van der Waals surface area contributed by atoms with E-state index < -0.39 is 0 Å². The van der Waals surface area contributed by atoms with Crippen LogP contribution in [0.1, 0.15) is 39.5 Å². The van der Waals surface area contributed by atoms with Crippen molar-refractivity contribution in [3.8, 4) is 0 Å². The third-order valence-corrected chi connectivity index (χ3v) is 4.19. The molecular formula is C13H26N2O. The summed E-state index contributed by atoms with van der Waals surface area (Å²) in [6, 6.07) is 1.35. The summed E-state index contributed by atoms with van der Waals surface area (Å²) in [5.41, 5.74) is 5.85. The molecule has 3 unspecified atom stereocenters. The Balaban J connectivity index is 1.93. The lowest BCUT2D eigenvalue weighted by molar-refractivity contribution is -0.0501. The van der Waals surface area contributed by atoms with E-state index in [4.69, 9.17) is 10.5 Å². The minimum Gasteiger partial charge on any atom is -0.378 e. The molecule has 3 atom stereocenters. The van der Waals surface area contributed by atoms with Gasteiger partial charge >= 0.3 is 0 Å². The van der Waals surface area contributed by atoms with Crippen LogP contribution in [0.3, 0.4) is 0 Å². The van der Waals surface area contributed by atoms with Crippen LogP contribution in [0.5, 0.6) is 0 Å². The molecule has 2 heterocycles. The summed E-state index contributed by atoms with van der Waals surface area (Å²) >= 11 is 0.